The monoisotopic (exact) mass is 187 g/mol. The van der Waals surface area contributed by atoms with Gasteiger partial charge in [-0.1, -0.05) is 0 Å². The van der Waals surface area contributed by atoms with Crippen LogP contribution in [0.2, 0.25) is 0 Å². The third-order valence-corrected chi connectivity index (χ3v) is 2.05. The van der Waals surface area contributed by atoms with Crippen molar-refractivity contribution in [3.8, 4) is 12.1 Å². The molecule has 2 rings (SSSR count). The van der Waals surface area contributed by atoms with Gasteiger partial charge < -0.3 is 0 Å². The van der Waals surface area contributed by atoms with E-state index < -0.39 is 0 Å². The maximum absolute atomic E-state index is 8.68. The number of nitrogens with zero attached hydrogens (tertiary/aromatic N) is 5. The van der Waals surface area contributed by atoms with Gasteiger partial charge in [0.15, 0.2) is 5.69 Å². The molecule has 2 aromatic rings. The van der Waals surface area contributed by atoms with E-state index >= 15 is 0 Å². The van der Waals surface area contributed by atoms with Crippen molar-refractivity contribution in [3.63, 3.8) is 0 Å². The Hall–Kier alpha value is -2.05. The number of hydrogen-bond donors (Lipinski definition) is 0. The normalized spacial score (nSPS) is 9.38. The fourth-order valence-electron chi connectivity index (χ4n) is 0.936. The molecule has 0 aliphatic heterocycles. The lowest BCUT2D eigenvalue weighted by Gasteiger charge is -1.90. The number of nitriles is 2. The molecule has 0 unspecified atom stereocenters. The summed E-state index contributed by atoms with van der Waals surface area (Å²) < 4.78 is 7.81. The molecule has 0 atom stereocenters. The molecule has 0 amide bonds. The first-order chi connectivity index (χ1) is 6.36. The lowest BCUT2D eigenvalue weighted by Crippen LogP contribution is -1.87. The van der Waals surface area contributed by atoms with Crippen LogP contribution in [-0.4, -0.2) is 13.7 Å². The fourth-order valence-corrected chi connectivity index (χ4v) is 1.50. The Morgan fingerprint density at radius 2 is 1.92 bits per heavy atom. The van der Waals surface area contributed by atoms with E-state index in [9.17, 15) is 0 Å². The molecule has 0 radical (unpaired) electrons. The average molecular weight is 187 g/mol. The second kappa shape index (κ2) is 2.77. The zero-order chi connectivity index (χ0) is 9.26. The van der Waals surface area contributed by atoms with Crippen molar-refractivity contribution in [3.05, 3.63) is 17.5 Å². The van der Waals surface area contributed by atoms with Crippen LogP contribution in [-0.2, 0) is 0 Å². The fraction of sp³-hybridized carbons (Fsp3) is 0. The van der Waals surface area contributed by atoms with Crippen LogP contribution >= 0.6 is 11.7 Å². The third kappa shape index (κ3) is 1.01. The van der Waals surface area contributed by atoms with Gasteiger partial charge in [-0.15, -0.1) is 0 Å². The van der Waals surface area contributed by atoms with Gasteiger partial charge in [0.1, 0.15) is 23.2 Å². The SMILES string of the molecule is N#Cc1cnc(C#N)c2nsnc12. The van der Waals surface area contributed by atoms with Crippen molar-refractivity contribution >= 4 is 22.8 Å². The van der Waals surface area contributed by atoms with Gasteiger partial charge >= 0.3 is 0 Å². The summed E-state index contributed by atoms with van der Waals surface area (Å²) in [5.41, 5.74) is 1.43. The van der Waals surface area contributed by atoms with Crippen molar-refractivity contribution in [2.75, 3.05) is 0 Å². The Bertz CT molecular complexity index is 496. The van der Waals surface area contributed by atoms with Gasteiger partial charge in [0, 0.05) is 6.20 Å². The van der Waals surface area contributed by atoms with Gasteiger partial charge in [-0.3, -0.25) is 0 Å². The number of fused-ring (bicyclic) bond motifs is 1. The minimum Gasteiger partial charge on any atom is -0.242 e. The summed E-state index contributed by atoms with van der Waals surface area (Å²) in [5.74, 6) is 0. The molecule has 13 heavy (non-hydrogen) atoms. The van der Waals surface area contributed by atoms with Crippen molar-refractivity contribution in [2.24, 2.45) is 0 Å². The van der Waals surface area contributed by atoms with Crippen molar-refractivity contribution in [2.45, 2.75) is 0 Å². The number of aromatic nitrogens is 3. The Balaban J connectivity index is 2.93. The molecular weight excluding hydrogens is 186 g/mol. The van der Waals surface area contributed by atoms with E-state index in [0.717, 1.165) is 11.7 Å². The summed E-state index contributed by atoms with van der Waals surface area (Å²) in [7, 11) is 0. The zero-order valence-corrected chi connectivity index (χ0v) is 7.04. The zero-order valence-electron chi connectivity index (χ0n) is 6.22. The number of hydrogen-bond acceptors (Lipinski definition) is 6. The summed E-state index contributed by atoms with van der Waals surface area (Å²) in [6.07, 6.45) is 1.34. The molecule has 0 aliphatic rings. The molecule has 60 valence electrons. The van der Waals surface area contributed by atoms with E-state index in [4.69, 9.17) is 10.5 Å². The summed E-state index contributed by atoms with van der Waals surface area (Å²) in [6, 6.07) is 3.83. The van der Waals surface area contributed by atoms with Crippen molar-refractivity contribution < 1.29 is 0 Å². The molecule has 0 aromatic carbocycles. The van der Waals surface area contributed by atoms with Crippen molar-refractivity contribution in [1.82, 2.24) is 13.7 Å². The lowest BCUT2D eigenvalue weighted by molar-refractivity contribution is 1.27. The maximum atomic E-state index is 8.68. The van der Waals surface area contributed by atoms with Crippen LogP contribution in [0, 0.1) is 22.7 Å². The topological polar surface area (TPSA) is 86.2 Å². The summed E-state index contributed by atoms with van der Waals surface area (Å²) in [5, 5.41) is 17.3. The van der Waals surface area contributed by atoms with Crippen LogP contribution < -0.4 is 0 Å². The second-order valence-electron chi connectivity index (χ2n) is 2.21. The largest absolute Gasteiger partial charge is 0.242 e. The van der Waals surface area contributed by atoms with Crippen LogP contribution in [0.5, 0.6) is 0 Å². The van der Waals surface area contributed by atoms with Crippen LogP contribution in [0.15, 0.2) is 6.20 Å². The highest BCUT2D eigenvalue weighted by atomic mass is 32.1. The highest BCUT2D eigenvalue weighted by molar-refractivity contribution is 7.00. The first kappa shape index (κ1) is 7.59. The molecule has 0 saturated heterocycles. The van der Waals surface area contributed by atoms with E-state index in [0.29, 0.717) is 16.6 Å². The molecule has 0 bridgehead atoms. The molecule has 0 saturated carbocycles. The van der Waals surface area contributed by atoms with Crippen LogP contribution in [0.4, 0.5) is 0 Å². The molecule has 0 fully saturated rings. The maximum Gasteiger partial charge on any atom is 0.169 e. The lowest BCUT2D eigenvalue weighted by atomic mass is 10.2. The Labute approximate surface area is 77.2 Å². The second-order valence-corrected chi connectivity index (χ2v) is 2.73. The van der Waals surface area contributed by atoms with E-state index in [-0.39, 0.29) is 5.69 Å². The van der Waals surface area contributed by atoms with Crippen LogP contribution in [0.1, 0.15) is 11.3 Å². The predicted octanol–water partition coefficient (Wildman–Crippen LogP) is 0.830. The molecule has 6 heteroatoms. The quantitative estimate of drug-likeness (QED) is 0.609. The van der Waals surface area contributed by atoms with E-state index in [1.54, 1.807) is 0 Å². The van der Waals surface area contributed by atoms with Gasteiger partial charge in [-0.05, 0) is 0 Å². The molecule has 0 N–H and O–H groups in total. The van der Waals surface area contributed by atoms with Crippen LogP contribution in [0.25, 0.3) is 11.0 Å². The molecule has 5 nitrogen and oxygen atoms in total. The minimum atomic E-state index is 0.211. The van der Waals surface area contributed by atoms with Gasteiger partial charge in [0.25, 0.3) is 0 Å². The summed E-state index contributed by atoms with van der Waals surface area (Å²) >= 11 is 0.970. The van der Waals surface area contributed by atoms with Gasteiger partial charge in [-0.25, -0.2) is 4.98 Å². The first-order valence-corrected chi connectivity index (χ1v) is 4.01. The smallest absolute Gasteiger partial charge is 0.169 e. The van der Waals surface area contributed by atoms with E-state index in [1.807, 2.05) is 12.1 Å². The Morgan fingerprint density at radius 3 is 2.62 bits per heavy atom. The molecule has 0 aliphatic carbocycles. The van der Waals surface area contributed by atoms with Crippen LogP contribution in [0.3, 0.4) is 0 Å². The summed E-state index contributed by atoms with van der Waals surface area (Å²) in [6.45, 7) is 0. The third-order valence-electron chi connectivity index (χ3n) is 1.52. The Morgan fingerprint density at radius 1 is 1.15 bits per heavy atom. The van der Waals surface area contributed by atoms with E-state index in [2.05, 4.69) is 13.7 Å². The first-order valence-electron chi connectivity index (χ1n) is 3.28. The molecular formula is C7HN5S. The van der Waals surface area contributed by atoms with Crippen molar-refractivity contribution in [1.29, 1.82) is 10.5 Å². The minimum absolute atomic E-state index is 0.211. The number of rotatable bonds is 0. The Kier molecular flexibility index (Phi) is 1.62. The molecule has 2 heterocycles. The average Bonchev–Trinajstić information content (AvgIpc) is 2.64. The highest BCUT2D eigenvalue weighted by Gasteiger charge is 2.10. The van der Waals surface area contributed by atoms with E-state index in [1.165, 1.54) is 6.20 Å². The summed E-state index contributed by atoms with van der Waals surface area (Å²) in [4.78, 5) is 3.79. The molecule has 2 aromatic heterocycles. The number of pyridine rings is 1. The highest BCUT2D eigenvalue weighted by Crippen LogP contribution is 2.17. The van der Waals surface area contributed by atoms with Gasteiger partial charge in [0.2, 0.25) is 0 Å². The standard InChI is InChI=1S/C7HN5S/c8-1-4-3-10-5(2-9)7-6(4)11-13-12-7/h3H. The van der Waals surface area contributed by atoms with Gasteiger partial charge in [-0.2, -0.15) is 19.3 Å². The van der Waals surface area contributed by atoms with Gasteiger partial charge in [0.05, 0.1) is 17.3 Å². The predicted molar refractivity (Wildman–Crippen MR) is 44.6 cm³/mol. The molecule has 0 spiro atoms.